The van der Waals surface area contributed by atoms with Crippen molar-refractivity contribution in [3.63, 3.8) is 0 Å². The Hall–Kier alpha value is -1.15. The number of hydrogen-bond acceptors (Lipinski definition) is 1. The largest absolute Gasteiger partial charge is 0.285 e. The fraction of sp³-hybridized carbons (Fsp3) is 0. The van der Waals surface area contributed by atoms with Crippen molar-refractivity contribution in [2.24, 2.45) is 0 Å². The summed E-state index contributed by atoms with van der Waals surface area (Å²) in [5, 5.41) is 2.00. The van der Waals surface area contributed by atoms with Gasteiger partial charge < -0.3 is 0 Å². The number of hydrogen-bond donors (Lipinski definition) is 0. The van der Waals surface area contributed by atoms with Crippen LogP contribution in [0.1, 0.15) is 5.56 Å². The van der Waals surface area contributed by atoms with Gasteiger partial charge in [0.1, 0.15) is 0 Å². The van der Waals surface area contributed by atoms with E-state index in [-0.39, 0.29) is 0 Å². The van der Waals surface area contributed by atoms with Gasteiger partial charge >= 0.3 is 0 Å². The van der Waals surface area contributed by atoms with E-state index in [0.717, 1.165) is 15.2 Å². The minimum Gasteiger partial charge on any atom is -0.285 e. The molecule has 0 atom stereocenters. The molecule has 13 heavy (non-hydrogen) atoms. The fourth-order valence-electron chi connectivity index (χ4n) is 1.34. The molecule has 1 nitrogen and oxygen atoms in total. The van der Waals surface area contributed by atoms with Gasteiger partial charge in [0.2, 0.25) is 6.29 Å². The second kappa shape index (κ2) is 3.30. The van der Waals surface area contributed by atoms with Gasteiger partial charge in [-0.25, -0.2) is 0 Å². The molecule has 0 amide bonds. The summed E-state index contributed by atoms with van der Waals surface area (Å²) >= 11 is 3.38. The molecule has 2 rings (SSSR count). The molecule has 0 saturated heterocycles. The standard InChI is InChI=1S/C11H6BrO/c12-10-4-5-11-8(6-10)2-1-3-9(11)7-13/h1-6H. The first kappa shape index (κ1) is 8.45. The number of fused-ring (bicyclic) bond motifs is 1. The summed E-state index contributed by atoms with van der Waals surface area (Å²) in [4.78, 5) is 10.6. The number of halogens is 1. The molecule has 0 N–H and O–H groups in total. The SMILES string of the molecule is O=[C]c1cccc2cc(Br)ccc12. The normalized spacial score (nSPS) is 10.2. The van der Waals surface area contributed by atoms with Gasteiger partial charge in [0.25, 0.3) is 0 Å². The molecule has 0 fully saturated rings. The maximum Gasteiger partial charge on any atom is 0.234 e. The summed E-state index contributed by atoms with van der Waals surface area (Å²) in [5.41, 5.74) is 0.616. The highest BCUT2D eigenvalue weighted by Crippen LogP contribution is 2.21. The molecule has 2 heteroatoms. The first-order valence-corrected chi connectivity index (χ1v) is 4.67. The van der Waals surface area contributed by atoms with Crippen LogP contribution >= 0.6 is 15.9 Å². The lowest BCUT2D eigenvalue weighted by Gasteiger charge is -1.99. The van der Waals surface area contributed by atoms with E-state index in [0.29, 0.717) is 5.56 Å². The molecule has 0 aromatic heterocycles. The monoisotopic (exact) mass is 233 g/mol. The van der Waals surface area contributed by atoms with Crippen LogP contribution in [0.15, 0.2) is 40.9 Å². The van der Waals surface area contributed by atoms with E-state index >= 15 is 0 Å². The fourth-order valence-corrected chi connectivity index (χ4v) is 1.72. The summed E-state index contributed by atoms with van der Waals surface area (Å²) in [7, 11) is 0. The van der Waals surface area contributed by atoms with Crippen LogP contribution in [0.25, 0.3) is 10.8 Å². The Balaban J connectivity index is 2.84. The van der Waals surface area contributed by atoms with Gasteiger partial charge in [-0.05, 0) is 22.9 Å². The predicted octanol–water partition coefficient (Wildman–Crippen LogP) is 3.06. The van der Waals surface area contributed by atoms with E-state index in [9.17, 15) is 4.79 Å². The molecule has 1 radical (unpaired) electrons. The number of carbonyl (C=O) groups excluding carboxylic acids is 1. The average molecular weight is 234 g/mol. The van der Waals surface area contributed by atoms with Gasteiger partial charge in [-0.3, -0.25) is 4.79 Å². The summed E-state index contributed by atoms with van der Waals surface area (Å²) in [6, 6.07) is 11.4. The van der Waals surface area contributed by atoms with Crippen molar-refractivity contribution in [2.45, 2.75) is 0 Å². The number of benzene rings is 2. The molecule has 0 spiro atoms. The highest BCUT2D eigenvalue weighted by molar-refractivity contribution is 9.10. The highest BCUT2D eigenvalue weighted by atomic mass is 79.9. The lowest BCUT2D eigenvalue weighted by atomic mass is 10.1. The first-order valence-electron chi connectivity index (χ1n) is 3.88. The second-order valence-corrected chi connectivity index (χ2v) is 3.69. The zero-order valence-corrected chi connectivity index (χ0v) is 8.34. The third kappa shape index (κ3) is 1.49. The summed E-state index contributed by atoms with van der Waals surface area (Å²) in [6.45, 7) is 0. The second-order valence-electron chi connectivity index (χ2n) is 2.77. The van der Waals surface area contributed by atoms with Crippen molar-refractivity contribution in [3.8, 4) is 0 Å². The molecule has 0 unspecified atom stereocenters. The Morgan fingerprint density at radius 1 is 1.15 bits per heavy atom. The zero-order valence-electron chi connectivity index (χ0n) is 6.75. The average Bonchev–Trinajstić information content (AvgIpc) is 2.16. The molecular weight excluding hydrogens is 228 g/mol. The third-order valence-electron chi connectivity index (χ3n) is 1.95. The summed E-state index contributed by atoms with van der Waals surface area (Å²) in [6.07, 6.45) is 1.92. The van der Waals surface area contributed by atoms with Crippen LogP contribution < -0.4 is 0 Å². The van der Waals surface area contributed by atoms with Crippen molar-refractivity contribution < 1.29 is 4.79 Å². The first-order chi connectivity index (χ1) is 6.31. The maximum atomic E-state index is 10.6. The molecule has 2 aromatic rings. The van der Waals surface area contributed by atoms with E-state index in [1.807, 2.05) is 36.6 Å². The third-order valence-corrected chi connectivity index (χ3v) is 2.45. The van der Waals surface area contributed by atoms with Crippen LogP contribution in [0.5, 0.6) is 0 Å². The maximum absolute atomic E-state index is 10.6. The van der Waals surface area contributed by atoms with Gasteiger partial charge in [0.05, 0.1) is 0 Å². The molecule has 0 aliphatic rings. The Morgan fingerprint density at radius 3 is 2.77 bits per heavy atom. The lowest BCUT2D eigenvalue weighted by Crippen LogP contribution is -1.82. The molecule has 0 aliphatic carbocycles. The smallest absolute Gasteiger partial charge is 0.234 e. The summed E-state index contributed by atoms with van der Waals surface area (Å²) < 4.78 is 1.02. The zero-order chi connectivity index (χ0) is 9.26. The number of rotatable bonds is 1. The van der Waals surface area contributed by atoms with Crippen molar-refractivity contribution >= 4 is 33.0 Å². The van der Waals surface area contributed by atoms with Gasteiger partial charge in [-0.1, -0.05) is 40.2 Å². The van der Waals surface area contributed by atoms with Gasteiger partial charge in [-0.2, -0.15) is 0 Å². The molecule has 2 aromatic carbocycles. The minimum absolute atomic E-state index is 0.616. The predicted molar refractivity (Wildman–Crippen MR) is 56.4 cm³/mol. The van der Waals surface area contributed by atoms with E-state index < -0.39 is 0 Å². The molecule has 0 saturated carbocycles. The topological polar surface area (TPSA) is 17.1 Å². The molecular formula is C11H6BrO. The Kier molecular flexibility index (Phi) is 2.15. The van der Waals surface area contributed by atoms with E-state index in [1.165, 1.54) is 0 Å². The molecule has 0 aliphatic heterocycles. The van der Waals surface area contributed by atoms with Gasteiger partial charge in [0.15, 0.2) is 0 Å². The van der Waals surface area contributed by atoms with Crippen LogP contribution in [0.4, 0.5) is 0 Å². The molecule has 0 bridgehead atoms. The highest BCUT2D eigenvalue weighted by Gasteiger charge is 1.99. The van der Waals surface area contributed by atoms with E-state index in [1.54, 1.807) is 6.07 Å². The van der Waals surface area contributed by atoms with E-state index in [4.69, 9.17) is 0 Å². The lowest BCUT2D eigenvalue weighted by molar-refractivity contribution is 0.563. The van der Waals surface area contributed by atoms with Crippen LogP contribution in [-0.2, 0) is 4.79 Å². The quantitative estimate of drug-likeness (QED) is 0.741. The van der Waals surface area contributed by atoms with Crippen LogP contribution in [-0.4, -0.2) is 6.29 Å². The van der Waals surface area contributed by atoms with Crippen molar-refractivity contribution in [1.29, 1.82) is 0 Å². The Labute approximate surface area is 84.5 Å². The van der Waals surface area contributed by atoms with Crippen LogP contribution in [0, 0.1) is 0 Å². The van der Waals surface area contributed by atoms with Crippen molar-refractivity contribution in [1.82, 2.24) is 0 Å². The Morgan fingerprint density at radius 2 is 2.00 bits per heavy atom. The van der Waals surface area contributed by atoms with Crippen LogP contribution in [0.2, 0.25) is 0 Å². The van der Waals surface area contributed by atoms with Crippen LogP contribution in [0.3, 0.4) is 0 Å². The van der Waals surface area contributed by atoms with Gasteiger partial charge in [-0.15, -0.1) is 0 Å². The molecule has 0 heterocycles. The summed E-state index contributed by atoms with van der Waals surface area (Å²) in [5.74, 6) is 0. The van der Waals surface area contributed by atoms with Gasteiger partial charge in [0, 0.05) is 10.0 Å². The van der Waals surface area contributed by atoms with Crippen molar-refractivity contribution in [2.75, 3.05) is 0 Å². The van der Waals surface area contributed by atoms with Crippen molar-refractivity contribution in [3.05, 3.63) is 46.4 Å². The Bertz CT molecular complexity index is 463. The van der Waals surface area contributed by atoms with E-state index in [2.05, 4.69) is 15.9 Å². The molecule has 63 valence electrons. The minimum atomic E-state index is 0.616.